The molecule has 1 atom stereocenters. The monoisotopic (exact) mass is 395 g/mol. The van der Waals surface area contributed by atoms with Crippen LogP contribution >= 0.6 is 0 Å². The van der Waals surface area contributed by atoms with Crippen molar-refractivity contribution in [1.82, 2.24) is 0 Å². The fraction of sp³-hybridized carbons (Fsp3) is 0.364. The maximum Gasteiger partial charge on any atom is 0.251 e. The number of nitrogens with one attached hydrogen (secondary N) is 2. The zero-order chi connectivity index (χ0) is 20.4. The van der Waals surface area contributed by atoms with E-state index in [2.05, 4.69) is 10.6 Å². The SMILES string of the molecule is CC(Nc1ccc2c(c1)OC1(CCCCC1)O2)C(=O)Nc1ccc(C(N)=O)cc1. The fourth-order valence-electron chi connectivity index (χ4n) is 3.76. The molecule has 29 heavy (non-hydrogen) atoms. The minimum Gasteiger partial charge on any atom is -0.448 e. The summed E-state index contributed by atoms with van der Waals surface area (Å²) in [5.74, 6) is 0.254. The summed E-state index contributed by atoms with van der Waals surface area (Å²) in [6.07, 6.45) is 5.23. The van der Waals surface area contributed by atoms with E-state index in [1.54, 1.807) is 31.2 Å². The lowest BCUT2D eigenvalue weighted by atomic mass is 9.94. The third kappa shape index (κ3) is 4.13. The van der Waals surface area contributed by atoms with Gasteiger partial charge in [-0.1, -0.05) is 6.42 Å². The number of anilines is 2. The lowest BCUT2D eigenvalue weighted by molar-refractivity contribution is -0.116. The largest absolute Gasteiger partial charge is 0.448 e. The van der Waals surface area contributed by atoms with E-state index in [-0.39, 0.29) is 5.91 Å². The van der Waals surface area contributed by atoms with Crippen LogP contribution in [-0.4, -0.2) is 23.6 Å². The predicted octanol–water partition coefficient (Wildman–Crippen LogP) is 3.66. The van der Waals surface area contributed by atoms with E-state index in [1.807, 2.05) is 18.2 Å². The van der Waals surface area contributed by atoms with Crippen molar-refractivity contribution in [2.24, 2.45) is 5.73 Å². The van der Waals surface area contributed by atoms with Gasteiger partial charge in [-0.15, -0.1) is 0 Å². The summed E-state index contributed by atoms with van der Waals surface area (Å²) in [7, 11) is 0. The zero-order valence-electron chi connectivity index (χ0n) is 16.4. The molecule has 1 heterocycles. The van der Waals surface area contributed by atoms with Gasteiger partial charge in [0.05, 0.1) is 0 Å². The van der Waals surface area contributed by atoms with Gasteiger partial charge < -0.3 is 25.8 Å². The Bertz CT molecular complexity index is 920. The number of carbonyl (C=O) groups is 2. The van der Waals surface area contributed by atoms with Gasteiger partial charge in [-0.2, -0.15) is 0 Å². The van der Waals surface area contributed by atoms with E-state index in [1.165, 1.54) is 6.42 Å². The number of hydrogen-bond acceptors (Lipinski definition) is 5. The van der Waals surface area contributed by atoms with Crippen LogP contribution in [0.2, 0.25) is 0 Å². The summed E-state index contributed by atoms with van der Waals surface area (Å²) in [5.41, 5.74) is 7.00. The van der Waals surface area contributed by atoms with Crippen molar-refractivity contribution in [3.05, 3.63) is 48.0 Å². The third-order valence-corrected chi connectivity index (χ3v) is 5.36. The molecule has 1 fully saturated rings. The van der Waals surface area contributed by atoms with E-state index in [9.17, 15) is 9.59 Å². The van der Waals surface area contributed by atoms with Crippen molar-refractivity contribution >= 4 is 23.2 Å². The molecule has 2 aromatic rings. The second-order valence-corrected chi connectivity index (χ2v) is 7.63. The van der Waals surface area contributed by atoms with Crippen molar-refractivity contribution in [3.63, 3.8) is 0 Å². The van der Waals surface area contributed by atoms with Crippen LogP contribution in [0.5, 0.6) is 11.5 Å². The second-order valence-electron chi connectivity index (χ2n) is 7.63. The smallest absolute Gasteiger partial charge is 0.251 e. The topological polar surface area (TPSA) is 103 Å². The number of primary amides is 1. The first-order chi connectivity index (χ1) is 13.9. The summed E-state index contributed by atoms with van der Waals surface area (Å²) >= 11 is 0. The molecule has 0 saturated heterocycles. The second kappa shape index (κ2) is 7.66. The first-order valence-electron chi connectivity index (χ1n) is 9.93. The van der Waals surface area contributed by atoms with Crippen LogP contribution < -0.4 is 25.8 Å². The highest BCUT2D eigenvalue weighted by atomic mass is 16.7. The number of nitrogens with two attached hydrogens (primary N) is 1. The normalized spacial score (nSPS) is 17.6. The first kappa shape index (κ1) is 19.1. The highest BCUT2D eigenvalue weighted by molar-refractivity contribution is 5.97. The van der Waals surface area contributed by atoms with Crippen LogP contribution in [0.1, 0.15) is 49.4 Å². The van der Waals surface area contributed by atoms with Gasteiger partial charge in [-0.05, 0) is 56.2 Å². The van der Waals surface area contributed by atoms with E-state index in [0.717, 1.165) is 37.1 Å². The molecule has 1 unspecified atom stereocenters. The number of rotatable bonds is 5. The van der Waals surface area contributed by atoms with Crippen LogP contribution in [0.3, 0.4) is 0 Å². The molecule has 4 rings (SSSR count). The van der Waals surface area contributed by atoms with Gasteiger partial charge in [0.15, 0.2) is 11.5 Å². The Morgan fingerprint density at radius 3 is 2.31 bits per heavy atom. The van der Waals surface area contributed by atoms with Crippen LogP contribution in [-0.2, 0) is 4.79 Å². The number of benzene rings is 2. The Morgan fingerprint density at radius 1 is 0.966 bits per heavy atom. The lowest BCUT2D eigenvalue weighted by Gasteiger charge is -2.31. The van der Waals surface area contributed by atoms with Crippen LogP contribution in [0, 0.1) is 0 Å². The van der Waals surface area contributed by atoms with E-state index in [0.29, 0.717) is 17.0 Å². The van der Waals surface area contributed by atoms with Crippen molar-refractivity contribution < 1.29 is 19.1 Å². The lowest BCUT2D eigenvalue weighted by Crippen LogP contribution is -2.40. The van der Waals surface area contributed by atoms with Crippen molar-refractivity contribution in [1.29, 1.82) is 0 Å². The molecule has 7 nitrogen and oxygen atoms in total. The summed E-state index contributed by atoms with van der Waals surface area (Å²) < 4.78 is 12.2. The van der Waals surface area contributed by atoms with Crippen LogP contribution in [0.15, 0.2) is 42.5 Å². The molecule has 7 heteroatoms. The Labute approximate surface area is 169 Å². The minimum absolute atomic E-state index is 0.196. The summed E-state index contributed by atoms with van der Waals surface area (Å²) in [4.78, 5) is 23.6. The minimum atomic E-state index is -0.515. The number of hydrogen-bond donors (Lipinski definition) is 3. The average Bonchev–Trinajstić information content (AvgIpc) is 3.05. The third-order valence-electron chi connectivity index (χ3n) is 5.36. The number of fused-ring (bicyclic) bond motifs is 1. The quantitative estimate of drug-likeness (QED) is 0.717. The van der Waals surface area contributed by atoms with E-state index in [4.69, 9.17) is 15.2 Å². The maximum atomic E-state index is 12.5. The predicted molar refractivity (Wildman–Crippen MR) is 110 cm³/mol. The molecule has 152 valence electrons. The van der Waals surface area contributed by atoms with Gasteiger partial charge in [0, 0.05) is 35.8 Å². The van der Waals surface area contributed by atoms with E-state index < -0.39 is 17.7 Å². The molecule has 1 aliphatic carbocycles. The molecule has 1 spiro atoms. The standard InChI is InChI=1S/C22H25N3O4/c1-14(21(27)25-16-7-5-15(6-8-16)20(23)26)24-17-9-10-18-19(13-17)29-22(28-18)11-3-2-4-12-22/h5-10,13-14,24H,2-4,11-12H2,1H3,(H2,23,26)(H,25,27). The Morgan fingerprint density at radius 2 is 1.62 bits per heavy atom. The van der Waals surface area contributed by atoms with Crippen molar-refractivity contribution in [2.75, 3.05) is 10.6 Å². The summed E-state index contributed by atoms with van der Waals surface area (Å²) in [5, 5.41) is 6.01. The molecule has 0 bridgehead atoms. The van der Waals surface area contributed by atoms with Gasteiger partial charge in [-0.3, -0.25) is 9.59 Å². The summed E-state index contributed by atoms with van der Waals surface area (Å²) in [6.45, 7) is 1.78. The molecule has 0 aromatic heterocycles. The summed E-state index contributed by atoms with van der Waals surface area (Å²) in [6, 6.07) is 11.6. The van der Waals surface area contributed by atoms with Crippen LogP contribution in [0.25, 0.3) is 0 Å². The fourth-order valence-corrected chi connectivity index (χ4v) is 3.76. The molecule has 1 saturated carbocycles. The molecule has 2 aromatic carbocycles. The molecule has 2 amide bonds. The van der Waals surface area contributed by atoms with Gasteiger partial charge in [0.25, 0.3) is 5.79 Å². The van der Waals surface area contributed by atoms with E-state index >= 15 is 0 Å². The van der Waals surface area contributed by atoms with Gasteiger partial charge in [0.2, 0.25) is 11.8 Å². The first-order valence-corrected chi connectivity index (χ1v) is 9.93. The van der Waals surface area contributed by atoms with Gasteiger partial charge in [-0.25, -0.2) is 0 Å². The molecule has 4 N–H and O–H groups in total. The zero-order valence-corrected chi connectivity index (χ0v) is 16.4. The number of ether oxygens (including phenoxy) is 2. The van der Waals surface area contributed by atoms with Crippen LogP contribution in [0.4, 0.5) is 11.4 Å². The number of amides is 2. The highest BCUT2D eigenvalue weighted by Crippen LogP contribution is 2.46. The molecule has 1 aliphatic heterocycles. The van der Waals surface area contributed by atoms with Crippen molar-refractivity contribution in [3.8, 4) is 11.5 Å². The maximum absolute atomic E-state index is 12.5. The molecular weight excluding hydrogens is 370 g/mol. The van der Waals surface area contributed by atoms with Gasteiger partial charge in [0.1, 0.15) is 6.04 Å². The van der Waals surface area contributed by atoms with Gasteiger partial charge >= 0.3 is 0 Å². The Kier molecular flexibility index (Phi) is 5.05. The molecule has 0 radical (unpaired) electrons. The van der Waals surface area contributed by atoms with Crippen molar-refractivity contribution in [2.45, 2.75) is 50.9 Å². The molecular formula is C22H25N3O4. The highest BCUT2D eigenvalue weighted by Gasteiger charge is 2.42. The Hall–Kier alpha value is -3.22. The average molecular weight is 395 g/mol. The Balaban J connectivity index is 1.37. The number of carbonyl (C=O) groups excluding carboxylic acids is 2. The molecule has 2 aliphatic rings.